The Hall–Kier alpha value is -3.86. The molecule has 1 atom stereocenters. The standard InChI is InChI=1S/C27H25FN4O5S/c1-13-2-6-19-24(30-12-38-19)21(13)16-8-17(9-16)37-27(36)29-10-14-3-4-15-11-32(26(35)22(15)23(14)28)18-5-7-20(33)31-25(18)34/h2-4,6,12,16-18H,5,7-11H2,1H3,(H,29,36)(H,31,33,34)/t16?,17?,18-/m0/s1. The first-order chi connectivity index (χ1) is 18.3. The van der Waals surface area contributed by atoms with Crippen LogP contribution in [0, 0.1) is 12.7 Å². The molecule has 2 aromatic carbocycles. The minimum absolute atomic E-state index is 0.0874. The van der Waals surface area contributed by atoms with Crippen LogP contribution in [0.15, 0.2) is 29.8 Å². The lowest BCUT2D eigenvalue weighted by Crippen LogP contribution is -2.52. The number of carbonyl (C=O) groups excluding carboxylic acids is 4. The van der Waals surface area contributed by atoms with E-state index >= 15 is 4.39 Å². The van der Waals surface area contributed by atoms with Crippen LogP contribution in [0.4, 0.5) is 9.18 Å². The number of aromatic nitrogens is 1. The van der Waals surface area contributed by atoms with Gasteiger partial charge in [-0.1, -0.05) is 18.2 Å². The number of fused-ring (bicyclic) bond motifs is 2. The molecule has 196 valence electrons. The second-order valence-electron chi connectivity index (χ2n) is 10.0. The molecule has 11 heteroatoms. The molecule has 38 heavy (non-hydrogen) atoms. The fourth-order valence-electron chi connectivity index (χ4n) is 5.62. The number of piperidine rings is 1. The topological polar surface area (TPSA) is 118 Å². The van der Waals surface area contributed by atoms with Gasteiger partial charge < -0.3 is 15.0 Å². The van der Waals surface area contributed by atoms with E-state index in [2.05, 4.69) is 34.7 Å². The van der Waals surface area contributed by atoms with Crippen LogP contribution < -0.4 is 10.6 Å². The fraction of sp³-hybridized carbons (Fsp3) is 0.370. The molecule has 1 aromatic heterocycles. The Bertz CT molecular complexity index is 1500. The smallest absolute Gasteiger partial charge is 0.407 e. The van der Waals surface area contributed by atoms with Crippen LogP contribution in [0.2, 0.25) is 0 Å². The van der Waals surface area contributed by atoms with Crippen LogP contribution in [-0.2, 0) is 27.4 Å². The molecule has 1 saturated carbocycles. The maximum Gasteiger partial charge on any atom is 0.407 e. The third-order valence-corrected chi connectivity index (χ3v) is 8.46. The SMILES string of the molecule is Cc1ccc2scnc2c1C1CC(OC(=O)NCc2ccc3c(c2F)C(=O)N([C@H]2CCC(=O)NC2=O)C3)C1. The maximum atomic E-state index is 15.3. The summed E-state index contributed by atoms with van der Waals surface area (Å²) < 4.78 is 22.0. The molecule has 0 spiro atoms. The van der Waals surface area contributed by atoms with Gasteiger partial charge in [-0.05, 0) is 54.9 Å². The highest BCUT2D eigenvalue weighted by Crippen LogP contribution is 2.43. The quantitative estimate of drug-likeness (QED) is 0.481. The Balaban J connectivity index is 1.05. The molecule has 9 nitrogen and oxygen atoms in total. The molecule has 6 rings (SSSR count). The number of nitrogens with one attached hydrogen (secondary N) is 2. The third-order valence-electron chi connectivity index (χ3n) is 7.67. The summed E-state index contributed by atoms with van der Waals surface area (Å²) in [5, 5.41) is 4.81. The number of amides is 4. The van der Waals surface area contributed by atoms with E-state index in [1.54, 1.807) is 17.4 Å². The molecule has 2 N–H and O–H groups in total. The summed E-state index contributed by atoms with van der Waals surface area (Å²) in [7, 11) is 0. The number of benzene rings is 2. The maximum absolute atomic E-state index is 15.3. The molecule has 1 aliphatic carbocycles. The Kier molecular flexibility index (Phi) is 6.10. The summed E-state index contributed by atoms with van der Waals surface area (Å²) in [6.45, 7) is 2.01. The minimum Gasteiger partial charge on any atom is -0.446 e. The van der Waals surface area contributed by atoms with E-state index in [1.807, 2.05) is 5.51 Å². The van der Waals surface area contributed by atoms with Crippen LogP contribution in [0.25, 0.3) is 10.2 Å². The van der Waals surface area contributed by atoms with E-state index in [-0.39, 0.29) is 55.0 Å². The van der Waals surface area contributed by atoms with E-state index in [1.165, 1.54) is 22.1 Å². The molecule has 3 aromatic rings. The van der Waals surface area contributed by atoms with Crippen molar-refractivity contribution in [3.05, 3.63) is 63.4 Å². The largest absolute Gasteiger partial charge is 0.446 e. The molecule has 0 bridgehead atoms. The van der Waals surface area contributed by atoms with Crippen molar-refractivity contribution in [3.8, 4) is 0 Å². The van der Waals surface area contributed by atoms with Gasteiger partial charge in [-0.25, -0.2) is 14.2 Å². The van der Waals surface area contributed by atoms with Crippen LogP contribution in [0.5, 0.6) is 0 Å². The van der Waals surface area contributed by atoms with Gasteiger partial charge in [0.25, 0.3) is 5.91 Å². The Morgan fingerprint density at radius 3 is 2.84 bits per heavy atom. The predicted octanol–water partition coefficient (Wildman–Crippen LogP) is 3.68. The van der Waals surface area contributed by atoms with Crippen molar-refractivity contribution in [2.24, 2.45) is 0 Å². The Morgan fingerprint density at radius 1 is 1.24 bits per heavy atom. The second-order valence-corrected chi connectivity index (χ2v) is 10.9. The van der Waals surface area contributed by atoms with Crippen molar-refractivity contribution < 1.29 is 28.3 Å². The lowest BCUT2D eigenvalue weighted by molar-refractivity contribution is -0.136. The van der Waals surface area contributed by atoms with Gasteiger partial charge in [0, 0.05) is 25.1 Å². The van der Waals surface area contributed by atoms with E-state index in [0.29, 0.717) is 18.4 Å². The molecular formula is C27H25FN4O5S. The van der Waals surface area contributed by atoms with E-state index in [9.17, 15) is 19.2 Å². The van der Waals surface area contributed by atoms with Gasteiger partial charge in [0.2, 0.25) is 11.8 Å². The van der Waals surface area contributed by atoms with Crippen LogP contribution in [-0.4, -0.2) is 45.8 Å². The highest BCUT2D eigenvalue weighted by Gasteiger charge is 2.41. The monoisotopic (exact) mass is 536 g/mol. The number of thiazole rings is 1. The number of imide groups is 1. The summed E-state index contributed by atoms with van der Waals surface area (Å²) in [5.41, 5.74) is 5.75. The summed E-state index contributed by atoms with van der Waals surface area (Å²) in [5.74, 6) is -1.98. The molecule has 2 aliphatic heterocycles. The number of hydrogen-bond donors (Lipinski definition) is 2. The molecule has 3 aliphatic rings. The van der Waals surface area contributed by atoms with E-state index < -0.39 is 29.8 Å². The Morgan fingerprint density at radius 2 is 2.05 bits per heavy atom. The molecule has 2 fully saturated rings. The molecule has 3 heterocycles. The number of halogens is 1. The second kappa shape index (κ2) is 9.46. The van der Waals surface area contributed by atoms with E-state index in [4.69, 9.17) is 4.74 Å². The van der Waals surface area contributed by atoms with Crippen molar-refractivity contribution in [2.75, 3.05) is 0 Å². The van der Waals surface area contributed by atoms with Gasteiger partial charge >= 0.3 is 6.09 Å². The number of aryl methyl sites for hydroxylation is 1. The lowest BCUT2D eigenvalue weighted by atomic mass is 9.75. The van der Waals surface area contributed by atoms with Crippen LogP contribution >= 0.6 is 11.3 Å². The first-order valence-electron chi connectivity index (χ1n) is 12.5. The summed E-state index contributed by atoms with van der Waals surface area (Å²) in [4.78, 5) is 54.8. The van der Waals surface area contributed by atoms with Gasteiger partial charge in [-0.2, -0.15) is 0 Å². The molecule has 1 saturated heterocycles. The van der Waals surface area contributed by atoms with Gasteiger partial charge in [-0.3, -0.25) is 19.7 Å². The van der Waals surface area contributed by atoms with Crippen molar-refractivity contribution in [1.29, 1.82) is 0 Å². The normalized spacial score (nSPS) is 22.7. The minimum atomic E-state index is -0.818. The lowest BCUT2D eigenvalue weighted by Gasteiger charge is -2.35. The number of rotatable bonds is 5. The van der Waals surface area contributed by atoms with Crippen molar-refractivity contribution >= 4 is 45.4 Å². The first kappa shape index (κ1) is 24.5. The zero-order chi connectivity index (χ0) is 26.6. The average Bonchev–Trinajstić information content (AvgIpc) is 3.46. The number of hydrogen-bond acceptors (Lipinski definition) is 7. The number of ether oxygens (including phenoxy) is 1. The van der Waals surface area contributed by atoms with Crippen molar-refractivity contribution in [1.82, 2.24) is 20.5 Å². The molecular weight excluding hydrogens is 511 g/mol. The zero-order valence-electron chi connectivity index (χ0n) is 20.6. The average molecular weight is 537 g/mol. The first-order valence-corrected chi connectivity index (χ1v) is 13.4. The van der Waals surface area contributed by atoms with Crippen molar-refractivity contribution in [2.45, 2.75) is 63.8 Å². The fourth-order valence-corrected chi connectivity index (χ4v) is 6.31. The molecule has 0 radical (unpaired) electrons. The summed E-state index contributed by atoms with van der Waals surface area (Å²) in [6, 6.07) is 6.50. The third kappa shape index (κ3) is 4.20. The van der Waals surface area contributed by atoms with Crippen molar-refractivity contribution in [3.63, 3.8) is 0 Å². The highest BCUT2D eigenvalue weighted by molar-refractivity contribution is 7.16. The molecule has 4 amide bonds. The number of nitrogens with zero attached hydrogens (tertiary/aromatic N) is 2. The van der Waals surface area contributed by atoms with E-state index in [0.717, 1.165) is 10.2 Å². The zero-order valence-corrected chi connectivity index (χ0v) is 21.4. The van der Waals surface area contributed by atoms with Crippen LogP contribution in [0.1, 0.15) is 64.2 Å². The van der Waals surface area contributed by atoms with Gasteiger partial charge in [0.15, 0.2) is 0 Å². The summed E-state index contributed by atoms with van der Waals surface area (Å²) in [6.07, 6.45) is 0.839. The van der Waals surface area contributed by atoms with Crippen LogP contribution in [0.3, 0.4) is 0 Å². The number of carbonyl (C=O) groups is 4. The predicted molar refractivity (Wildman–Crippen MR) is 136 cm³/mol. The van der Waals surface area contributed by atoms with Gasteiger partial charge in [0.05, 0.1) is 21.3 Å². The molecule has 0 unspecified atom stereocenters. The Labute approximate surface area is 221 Å². The summed E-state index contributed by atoms with van der Waals surface area (Å²) >= 11 is 1.60. The van der Waals surface area contributed by atoms with Gasteiger partial charge in [0.1, 0.15) is 18.0 Å². The van der Waals surface area contributed by atoms with Gasteiger partial charge in [-0.15, -0.1) is 11.3 Å². The number of alkyl carbamates (subject to hydrolysis) is 1. The highest BCUT2D eigenvalue weighted by atomic mass is 32.1.